The summed E-state index contributed by atoms with van der Waals surface area (Å²) in [6, 6.07) is 12.5. The summed E-state index contributed by atoms with van der Waals surface area (Å²) in [6.45, 7) is 1.79. The van der Waals surface area contributed by atoms with Crippen LogP contribution >= 0.6 is 11.6 Å². The molecule has 5 heteroatoms. The van der Waals surface area contributed by atoms with Gasteiger partial charge in [-0.25, -0.2) is 8.42 Å². The molecule has 19 heavy (non-hydrogen) atoms. The van der Waals surface area contributed by atoms with E-state index in [1.54, 1.807) is 26.1 Å². The quantitative estimate of drug-likeness (QED) is 0.813. The van der Waals surface area contributed by atoms with Crippen molar-refractivity contribution in [3.8, 4) is 0 Å². The number of hydrogen-bond donors (Lipinski definition) is 0. The van der Waals surface area contributed by atoms with Gasteiger partial charge in [0, 0.05) is 24.4 Å². The lowest BCUT2D eigenvalue weighted by Gasteiger charge is -2.23. The second-order valence-electron chi connectivity index (χ2n) is 4.50. The van der Waals surface area contributed by atoms with Crippen molar-refractivity contribution >= 4 is 32.4 Å². The van der Waals surface area contributed by atoms with Gasteiger partial charge in [0.05, 0.1) is 4.90 Å². The summed E-state index contributed by atoms with van der Waals surface area (Å²) < 4.78 is 26.5. The predicted molar refractivity (Wildman–Crippen MR) is 79.1 cm³/mol. The molecule has 1 unspecified atom stereocenters. The predicted octanol–water partition coefficient (Wildman–Crippen LogP) is 3.09. The Morgan fingerprint density at radius 1 is 1.16 bits per heavy atom. The molecule has 1 atom stereocenters. The molecule has 0 bridgehead atoms. The second-order valence-corrected chi connectivity index (χ2v) is 6.78. The third-order valence-electron chi connectivity index (χ3n) is 3.25. The van der Waals surface area contributed by atoms with Crippen LogP contribution in [-0.4, -0.2) is 31.7 Å². The van der Waals surface area contributed by atoms with Gasteiger partial charge in [-0.15, -0.1) is 11.6 Å². The zero-order valence-electron chi connectivity index (χ0n) is 10.9. The molecule has 0 aliphatic rings. The van der Waals surface area contributed by atoms with E-state index in [0.717, 1.165) is 10.8 Å². The highest BCUT2D eigenvalue weighted by Crippen LogP contribution is 2.26. The second kappa shape index (κ2) is 5.49. The minimum Gasteiger partial charge on any atom is -0.207 e. The molecule has 0 aliphatic carbocycles. The third kappa shape index (κ3) is 2.61. The first-order valence-corrected chi connectivity index (χ1v) is 7.97. The van der Waals surface area contributed by atoms with Gasteiger partial charge in [0.2, 0.25) is 10.0 Å². The number of halogens is 1. The zero-order valence-corrected chi connectivity index (χ0v) is 12.4. The Morgan fingerprint density at radius 2 is 1.79 bits per heavy atom. The summed E-state index contributed by atoms with van der Waals surface area (Å²) in [6.07, 6.45) is 0. The molecule has 0 spiro atoms. The minimum atomic E-state index is -3.53. The highest BCUT2D eigenvalue weighted by Gasteiger charge is 2.26. The molecule has 0 aliphatic heterocycles. The number of rotatable bonds is 4. The van der Waals surface area contributed by atoms with Gasteiger partial charge in [-0.3, -0.25) is 0 Å². The maximum atomic E-state index is 12.6. The van der Waals surface area contributed by atoms with Crippen LogP contribution in [0.5, 0.6) is 0 Å². The van der Waals surface area contributed by atoms with Crippen molar-refractivity contribution in [3.05, 3.63) is 42.5 Å². The molecule has 0 heterocycles. The molecule has 0 N–H and O–H groups in total. The molecule has 0 fully saturated rings. The Labute approximate surface area is 118 Å². The van der Waals surface area contributed by atoms with Crippen LogP contribution < -0.4 is 0 Å². The number of alkyl halides is 1. The monoisotopic (exact) mass is 297 g/mol. The molecule has 2 rings (SSSR count). The molecule has 102 valence electrons. The van der Waals surface area contributed by atoms with E-state index in [-0.39, 0.29) is 11.9 Å². The molecule has 0 saturated heterocycles. The van der Waals surface area contributed by atoms with E-state index in [1.165, 1.54) is 4.31 Å². The lowest BCUT2D eigenvalue weighted by atomic mass is 10.1. The average Bonchev–Trinajstić information content (AvgIpc) is 2.44. The van der Waals surface area contributed by atoms with E-state index < -0.39 is 10.0 Å². The largest absolute Gasteiger partial charge is 0.243 e. The molecule has 0 amide bonds. The van der Waals surface area contributed by atoms with Crippen LogP contribution in [0.1, 0.15) is 6.92 Å². The number of fused-ring (bicyclic) bond motifs is 1. The van der Waals surface area contributed by atoms with Crippen LogP contribution in [0.25, 0.3) is 10.8 Å². The Hall–Kier alpha value is -1.10. The summed E-state index contributed by atoms with van der Waals surface area (Å²) in [5.74, 6) is 0.264. The summed E-state index contributed by atoms with van der Waals surface area (Å²) in [4.78, 5) is 0.324. The van der Waals surface area contributed by atoms with Crippen LogP contribution in [0.4, 0.5) is 0 Å². The molecule has 3 nitrogen and oxygen atoms in total. The van der Waals surface area contributed by atoms with Gasteiger partial charge in [-0.05, 0) is 18.4 Å². The fourth-order valence-electron chi connectivity index (χ4n) is 1.91. The lowest BCUT2D eigenvalue weighted by molar-refractivity contribution is 0.414. The van der Waals surface area contributed by atoms with Gasteiger partial charge in [0.25, 0.3) is 0 Å². The van der Waals surface area contributed by atoms with Gasteiger partial charge in [-0.1, -0.05) is 36.4 Å². The Morgan fingerprint density at radius 3 is 2.47 bits per heavy atom. The molecule has 0 radical (unpaired) electrons. The van der Waals surface area contributed by atoms with Crippen LogP contribution in [0.2, 0.25) is 0 Å². The zero-order chi connectivity index (χ0) is 14.0. The standard InChI is InChI=1S/C14H16ClNO2S/c1-11(10-15)16(2)19(17,18)14-9-5-7-12-6-3-4-8-13(12)14/h3-9,11H,10H2,1-2H3. The summed E-state index contributed by atoms with van der Waals surface area (Å²) >= 11 is 5.75. The first-order chi connectivity index (χ1) is 8.98. The smallest absolute Gasteiger partial charge is 0.207 e. The third-order valence-corrected chi connectivity index (χ3v) is 5.73. The van der Waals surface area contributed by atoms with Gasteiger partial charge in [0.15, 0.2) is 0 Å². The summed E-state index contributed by atoms with van der Waals surface area (Å²) in [5, 5.41) is 1.65. The van der Waals surface area contributed by atoms with E-state index >= 15 is 0 Å². The molecular formula is C14H16ClNO2S. The van der Waals surface area contributed by atoms with Gasteiger partial charge in [0.1, 0.15) is 0 Å². The van der Waals surface area contributed by atoms with E-state index in [4.69, 9.17) is 11.6 Å². The fourth-order valence-corrected chi connectivity index (χ4v) is 3.77. The Bertz CT molecular complexity index is 679. The summed E-state index contributed by atoms with van der Waals surface area (Å²) in [7, 11) is -1.97. The van der Waals surface area contributed by atoms with Crippen molar-refractivity contribution in [2.45, 2.75) is 17.9 Å². The first-order valence-electron chi connectivity index (χ1n) is 6.00. The van der Waals surface area contributed by atoms with Crippen molar-refractivity contribution < 1.29 is 8.42 Å². The first kappa shape index (κ1) is 14.3. The maximum absolute atomic E-state index is 12.6. The molecular weight excluding hydrogens is 282 g/mol. The van der Waals surface area contributed by atoms with E-state index in [1.807, 2.05) is 30.3 Å². The van der Waals surface area contributed by atoms with Gasteiger partial charge >= 0.3 is 0 Å². The van der Waals surface area contributed by atoms with Crippen molar-refractivity contribution in [1.29, 1.82) is 0 Å². The molecule has 2 aromatic carbocycles. The van der Waals surface area contributed by atoms with Crippen LogP contribution in [0, 0.1) is 0 Å². The average molecular weight is 298 g/mol. The van der Waals surface area contributed by atoms with E-state index in [0.29, 0.717) is 4.90 Å². The number of nitrogens with zero attached hydrogens (tertiary/aromatic N) is 1. The number of benzene rings is 2. The van der Waals surface area contributed by atoms with Crippen LogP contribution in [-0.2, 0) is 10.0 Å². The van der Waals surface area contributed by atoms with Crippen LogP contribution in [0.3, 0.4) is 0 Å². The highest BCUT2D eigenvalue weighted by molar-refractivity contribution is 7.89. The van der Waals surface area contributed by atoms with Crippen LogP contribution in [0.15, 0.2) is 47.4 Å². The molecule has 2 aromatic rings. The summed E-state index contributed by atoms with van der Waals surface area (Å²) in [5.41, 5.74) is 0. The molecule has 0 aromatic heterocycles. The normalized spacial score (nSPS) is 13.9. The topological polar surface area (TPSA) is 37.4 Å². The Kier molecular flexibility index (Phi) is 4.13. The van der Waals surface area contributed by atoms with Crippen molar-refractivity contribution in [2.24, 2.45) is 0 Å². The SMILES string of the molecule is CC(CCl)N(C)S(=O)(=O)c1cccc2ccccc12. The highest BCUT2D eigenvalue weighted by atomic mass is 35.5. The maximum Gasteiger partial charge on any atom is 0.243 e. The number of hydrogen-bond acceptors (Lipinski definition) is 2. The van der Waals surface area contributed by atoms with Gasteiger partial charge < -0.3 is 0 Å². The number of sulfonamides is 1. The lowest BCUT2D eigenvalue weighted by Crippen LogP contribution is -2.36. The van der Waals surface area contributed by atoms with Crippen molar-refractivity contribution in [1.82, 2.24) is 4.31 Å². The van der Waals surface area contributed by atoms with E-state index in [9.17, 15) is 8.42 Å². The molecule has 0 saturated carbocycles. The van der Waals surface area contributed by atoms with Crippen molar-refractivity contribution in [3.63, 3.8) is 0 Å². The van der Waals surface area contributed by atoms with E-state index in [2.05, 4.69) is 0 Å². The minimum absolute atomic E-state index is 0.245. The fraction of sp³-hybridized carbons (Fsp3) is 0.286. The van der Waals surface area contributed by atoms with Crippen molar-refractivity contribution in [2.75, 3.05) is 12.9 Å². The van der Waals surface area contributed by atoms with Gasteiger partial charge in [-0.2, -0.15) is 4.31 Å². The Balaban J connectivity index is 2.61.